The highest BCUT2D eigenvalue weighted by atomic mass is 79.9. The molecule has 0 aliphatic rings. The first-order chi connectivity index (χ1) is 9.19. The van der Waals surface area contributed by atoms with Crippen molar-refractivity contribution in [3.63, 3.8) is 0 Å². The number of rotatable bonds is 2. The monoisotopic (exact) mass is 343 g/mol. The largest absolute Gasteiger partial charge is 0.383 e. The Labute approximate surface area is 124 Å². The topological polar surface area (TPSA) is 43.8 Å². The molecule has 0 fully saturated rings. The van der Waals surface area contributed by atoms with Crippen LogP contribution >= 0.6 is 15.9 Å². The summed E-state index contributed by atoms with van der Waals surface area (Å²) in [6.07, 6.45) is 0.688. The van der Waals surface area contributed by atoms with Crippen LogP contribution in [0, 0.1) is 17.0 Å². The fraction of sp³-hybridized carbons (Fsp3) is 0.357. The first-order valence-corrected chi connectivity index (χ1v) is 6.96. The molecule has 0 unspecified atom stereocenters. The molecule has 108 valence electrons. The van der Waals surface area contributed by atoms with E-state index in [0.29, 0.717) is 16.7 Å². The van der Waals surface area contributed by atoms with Crippen molar-refractivity contribution in [2.24, 2.45) is 5.41 Å². The van der Waals surface area contributed by atoms with Crippen LogP contribution in [0.1, 0.15) is 26.5 Å². The van der Waals surface area contributed by atoms with Gasteiger partial charge in [-0.2, -0.15) is 5.10 Å². The molecule has 0 atom stereocenters. The molecule has 1 aromatic heterocycles. The number of nitrogens with two attached hydrogens (primary N) is 1. The van der Waals surface area contributed by atoms with Crippen molar-refractivity contribution in [3.05, 3.63) is 40.0 Å². The molecule has 0 aliphatic carbocycles. The van der Waals surface area contributed by atoms with E-state index in [9.17, 15) is 8.78 Å². The van der Waals surface area contributed by atoms with Crippen LogP contribution in [0.3, 0.4) is 0 Å². The zero-order valence-electron chi connectivity index (χ0n) is 11.5. The Morgan fingerprint density at radius 2 is 1.95 bits per heavy atom. The zero-order chi connectivity index (χ0) is 15.1. The van der Waals surface area contributed by atoms with Crippen molar-refractivity contribution in [3.8, 4) is 5.69 Å². The number of nitrogen functional groups attached to an aromatic ring is 1. The molecule has 1 heterocycles. The summed E-state index contributed by atoms with van der Waals surface area (Å²) in [7, 11) is 0. The molecular formula is C14H16BrF2N3. The van der Waals surface area contributed by atoms with E-state index in [2.05, 4.69) is 41.8 Å². The van der Waals surface area contributed by atoms with Gasteiger partial charge in [0, 0.05) is 6.07 Å². The maximum absolute atomic E-state index is 13.8. The molecule has 0 spiro atoms. The molecule has 0 bridgehead atoms. The van der Waals surface area contributed by atoms with E-state index in [4.69, 9.17) is 5.73 Å². The minimum absolute atomic E-state index is 0.0233. The van der Waals surface area contributed by atoms with Crippen LogP contribution in [0.2, 0.25) is 0 Å². The molecule has 0 saturated heterocycles. The van der Waals surface area contributed by atoms with Crippen molar-refractivity contribution in [2.75, 3.05) is 5.73 Å². The second kappa shape index (κ2) is 5.16. The van der Waals surface area contributed by atoms with Crippen LogP contribution in [0.15, 0.2) is 22.7 Å². The number of benzene rings is 1. The van der Waals surface area contributed by atoms with E-state index in [-0.39, 0.29) is 11.1 Å². The third kappa shape index (κ3) is 3.00. The molecule has 2 N–H and O–H groups in total. The first-order valence-electron chi connectivity index (χ1n) is 6.17. The molecular weight excluding hydrogens is 328 g/mol. The van der Waals surface area contributed by atoms with Gasteiger partial charge in [-0.15, -0.1) is 0 Å². The summed E-state index contributed by atoms with van der Waals surface area (Å²) in [5.41, 5.74) is 6.86. The van der Waals surface area contributed by atoms with Gasteiger partial charge in [0.25, 0.3) is 0 Å². The fourth-order valence-corrected chi connectivity index (χ4v) is 2.30. The molecule has 3 nitrogen and oxygen atoms in total. The third-order valence-corrected chi connectivity index (χ3v) is 3.63. The van der Waals surface area contributed by atoms with Gasteiger partial charge in [-0.05, 0) is 39.9 Å². The smallest absolute Gasteiger partial charge is 0.151 e. The Bertz CT molecular complexity index is 645. The zero-order valence-corrected chi connectivity index (χ0v) is 13.1. The van der Waals surface area contributed by atoms with Gasteiger partial charge >= 0.3 is 0 Å². The molecule has 0 amide bonds. The number of halogens is 3. The Morgan fingerprint density at radius 3 is 2.50 bits per heavy atom. The van der Waals surface area contributed by atoms with Gasteiger partial charge < -0.3 is 5.73 Å². The summed E-state index contributed by atoms with van der Waals surface area (Å²) in [6.45, 7) is 6.23. The third-order valence-electron chi connectivity index (χ3n) is 2.76. The van der Waals surface area contributed by atoms with Crippen molar-refractivity contribution in [2.45, 2.75) is 27.2 Å². The number of aromatic nitrogens is 2. The van der Waals surface area contributed by atoms with E-state index < -0.39 is 11.6 Å². The maximum atomic E-state index is 13.8. The van der Waals surface area contributed by atoms with Crippen LogP contribution in [0.4, 0.5) is 14.6 Å². The van der Waals surface area contributed by atoms with Gasteiger partial charge in [-0.25, -0.2) is 13.5 Å². The standard InChI is InChI=1S/C14H16BrF2N3/c1-14(2,3)7-10-12(15)13(18)20(19-10)11-5-4-8(16)6-9(11)17/h4-6H,7,18H2,1-3H3. The highest BCUT2D eigenvalue weighted by Gasteiger charge is 2.21. The molecule has 0 radical (unpaired) electrons. The Kier molecular flexibility index (Phi) is 3.86. The van der Waals surface area contributed by atoms with Crippen molar-refractivity contribution in [1.82, 2.24) is 9.78 Å². The minimum Gasteiger partial charge on any atom is -0.383 e. The summed E-state index contributed by atoms with van der Waals surface area (Å²) in [6, 6.07) is 3.31. The lowest BCUT2D eigenvalue weighted by molar-refractivity contribution is 0.404. The lowest BCUT2D eigenvalue weighted by Crippen LogP contribution is -2.10. The average Bonchev–Trinajstić information content (AvgIpc) is 2.56. The maximum Gasteiger partial charge on any atom is 0.151 e. The molecule has 0 saturated carbocycles. The number of hydrogen-bond acceptors (Lipinski definition) is 2. The van der Waals surface area contributed by atoms with Crippen LogP contribution in [0.25, 0.3) is 5.69 Å². The van der Waals surface area contributed by atoms with E-state index in [1.54, 1.807) is 0 Å². The highest BCUT2D eigenvalue weighted by molar-refractivity contribution is 9.10. The van der Waals surface area contributed by atoms with Gasteiger partial charge in [-0.1, -0.05) is 20.8 Å². The van der Waals surface area contributed by atoms with Crippen LogP contribution in [-0.4, -0.2) is 9.78 Å². The number of nitrogens with zero attached hydrogens (tertiary/aromatic N) is 2. The van der Waals surface area contributed by atoms with Crippen molar-refractivity contribution >= 4 is 21.7 Å². The van der Waals surface area contributed by atoms with E-state index in [0.717, 1.165) is 11.8 Å². The normalized spacial score (nSPS) is 11.9. The summed E-state index contributed by atoms with van der Waals surface area (Å²) >= 11 is 3.39. The van der Waals surface area contributed by atoms with E-state index >= 15 is 0 Å². The highest BCUT2D eigenvalue weighted by Crippen LogP contribution is 2.31. The average molecular weight is 344 g/mol. The molecule has 2 aromatic rings. The summed E-state index contributed by atoms with van der Waals surface area (Å²) in [4.78, 5) is 0. The van der Waals surface area contributed by atoms with Gasteiger partial charge in [0.15, 0.2) is 5.82 Å². The second-order valence-corrected chi connectivity index (χ2v) is 6.68. The molecule has 20 heavy (non-hydrogen) atoms. The van der Waals surface area contributed by atoms with Gasteiger partial charge in [0.2, 0.25) is 0 Å². The molecule has 2 rings (SSSR count). The van der Waals surface area contributed by atoms with E-state index in [1.165, 1.54) is 16.8 Å². The lowest BCUT2D eigenvalue weighted by Gasteiger charge is -2.16. The second-order valence-electron chi connectivity index (χ2n) is 5.89. The summed E-state index contributed by atoms with van der Waals surface area (Å²) < 4.78 is 28.7. The first kappa shape index (κ1) is 15.0. The molecule has 0 aliphatic heterocycles. The minimum atomic E-state index is -0.700. The lowest BCUT2D eigenvalue weighted by atomic mass is 9.91. The predicted octanol–water partition coefficient (Wildman–Crippen LogP) is 4.08. The predicted molar refractivity (Wildman–Crippen MR) is 78.8 cm³/mol. The van der Waals surface area contributed by atoms with E-state index in [1.807, 2.05) is 0 Å². The SMILES string of the molecule is CC(C)(C)Cc1nn(-c2ccc(F)cc2F)c(N)c1Br. The fourth-order valence-electron chi connectivity index (χ4n) is 1.91. The van der Waals surface area contributed by atoms with Gasteiger partial charge in [0.1, 0.15) is 17.3 Å². The Hall–Kier alpha value is -1.43. The van der Waals surface area contributed by atoms with Crippen LogP contribution < -0.4 is 5.73 Å². The van der Waals surface area contributed by atoms with Gasteiger partial charge in [0.05, 0.1) is 10.2 Å². The Morgan fingerprint density at radius 1 is 1.30 bits per heavy atom. The summed E-state index contributed by atoms with van der Waals surface area (Å²) in [5, 5.41) is 4.34. The quantitative estimate of drug-likeness (QED) is 0.892. The van der Waals surface area contributed by atoms with Crippen LogP contribution in [-0.2, 0) is 6.42 Å². The molecule has 1 aromatic carbocycles. The summed E-state index contributed by atoms with van der Waals surface area (Å²) in [5.74, 6) is -1.03. The van der Waals surface area contributed by atoms with Crippen LogP contribution in [0.5, 0.6) is 0 Å². The Balaban J connectivity index is 2.50. The van der Waals surface area contributed by atoms with Crippen molar-refractivity contribution in [1.29, 1.82) is 0 Å². The number of anilines is 1. The molecule has 6 heteroatoms. The van der Waals surface area contributed by atoms with Gasteiger partial charge in [-0.3, -0.25) is 0 Å². The number of hydrogen-bond donors (Lipinski definition) is 1. The van der Waals surface area contributed by atoms with Crippen molar-refractivity contribution < 1.29 is 8.78 Å².